The second kappa shape index (κ2) is 4.93. The monoisotopic (exact) mass is 324 g/mol. The number of halogens is 2. The second-order valence-electron chi connectivity index (χ2n) is 2.75. The highest BCUT2D eigenvalue weighted by atomic mass is 79.9. The summed E-state index contributed by atoms with van der Waals surface area (Å²) in [4.78, 5) is 0. The fraction of sp³-hybridized carbons (Fsp3) is 0.500. The number of aromatic nitrogens is 2. The van der Waals surface area contributed by atoms with Gasteiger partial charge in [-0.15, -0.1) is 9.46 Å². The van der Waals surface area contributed by atoms with Crippen LogP contribution in [-0.4, -0.2) is 0 Å². The molecular weight excluding hydrogens is 316 g/mol. The Morgan fingerprint density at radius 1 is 1.14 bits per heavy atom. The lowest BCUT2D eigenvalue weighted by Crippen LogP contribution is -2.52. The maximum absolute atomic E-state index is 11.6. The SMILES string of the molecule is CCc1[n+]([O-])c(CBr)cc(CBr)[n+]1[O-]. The molecule has 0 fully saturated rings. The predicted octanol–water partition coefficient (Wildman–Crippen LogP) is 1.31. The van der Waals surface area contributed by atoms with Crippen LogP contribution in [0, 0.1) is 10.4 Å². The summed E-state index contributed by atoms with van der Waals surface area (Å²) in [5.41, 5.74) is 1.12. The van der Waals surface area contributed by atoms with Gasteiger partial charge in [-0.3, -0.25) is 0 Å². The largest absolute Gasteiger partial charge is 0.614 e. The van der Waals surface area contributed by atoms with Gasteiger partial charge in [-0.1, -0.05) is 31.9 Å². The van der Waals surface area contributed by atoms with Gasteiger partial charge in [-0.05, 0) is 6.92 Å². The lowest BCUT2D eigenvalue weighted by Gasteiger charge is -2.09. The number of alkyl halides is 2. The van der Waals surface area contributed by atoms with Crippen LogP contribution in [0.2, 0.25) is 0 Å². The van der Waals surface area contributed by atoms with Gasteiger partial charge in [0.15, 0.2) is 0 Å². The van der Waals surface area contributed by atoms with E-state index in [4.69, 9.17) is 0 Å². The fourth-order valence-electron chi connectivity index (χ4n) is 1.20. The Kier molecular flexibility index (Phi) is 4.12. The molecule has 0 bridgehead atoms. The molecule has 1 heterocycles. The molecule has 0 amide bonds. The molecule has 0 aliphatic heterocycles. The van der Waals surface area contributed by atoms with Crippen LogP contribution in [0.25, 0.3) is 0 Å². The summed E-state index contributed by atoms with van der Waals surface area (Å²) in [7, 11) is 0. The highest BCUT2D eigenvalue weighted by Gasteiger charge is 2.22. The van der Waals surface area contributed by atoms with Crippen LogP contribution in [0.15, 0.2) is 6.07 Å². The van der Waals surface area contributed by atoms with Crippen LogP contribution in [0.5, 0.6) is 0 Å². The van der Waals surface area contributed by atoms with Crippen molar-refractivity contribution in [1.29, 1.82) is 0 Å². The Hall–Kier alpha value is -0.360. The van der Waals surface area contributed by atoms with Gasteiger partial charge in [0.1, 0.15) is 0 Å². The molecule has 0 aliphatic carbocycles. The third-order valence-corrected chi connectivity index (χ3v) is 3.06. The van der Waals surface area contributed by atoms with Gasteiger partial charge in [0.05, 0.1) is 23.1 Å². The van der Waals surface area contributed by atoms with Gasteiger partial charge < -0.3 is 10.4 Å². The molecule has 0 N–H and O–H groups in total. The van der Waals surface area contributed by atoms with Crippen molar-refractivity contribution in [1.82, 2.24) is 0 Å². The minimum absolute atomic E-state index is 0.233. The Morgan fingerprint density at radius 3 is 1.86 bits per heavy atom. The molecule has 4 nitrogen and oxygen atoms in total. The molecule has 0 radical (unpaired) electrons. The van der Waals surface area contributed by atoms with Gasteiger partial charge in [0.2, 0.25) is 11.4 Å². The topological polar surface area (TPSA) is 53.9 Å². The van der Waals surface area contributed by atoms with Crippen LogP contribution >= 0.6 is 31.9 Å². The van der Waals surface area contributed by atoms with E-state index in [1.807, 2.05) is 0 Å². The van der Waals surface area contributed by atoms with Gasteiger partial charge in [-0.2, -0.15) is 0 Å². The summed E-state index contributed by atoms with van der Waals surface area (Å²) in [6.45, 7) is 1.79. The minimum atomic E-state index is 0.233. The summed E-state index contributed by atoms with van der Waals surface area (Å²) < 4.78 is 1.38. The maximum atomic E-state index is 11.6. The van der Waals surface area contributed by atoms with Gasteiger partial charge in [-0.25, -0.2) is 0 Å². The average molecular weight is 326 g/mol. The van der Waals surface area contributed by atoms with Crippen LogP contribution in [0.1, 0.15) is 24.1 Å². The maximum Gasteiger partial charge on any atom is 0.440 e. The molecule has 0 unspecified atom stereocenters. The molecular formula is C8H10Br2N2O2. The molecule has 0 saturated heterocycles. The third kappa shape index (κ3) is 2.00. The van der Waals surface area contributed by atoms with Crippen LogP contribution in [0.4, 0.5) is 0 Å². The van der Waals surface area contributed by atoms with E-state index in [9.17, 15) is 10.4 Å². The van der Waals surface area contributed by atoms with Crippen molar-refractivity contribution in [3.8, 4) is 0 Å². The summed E-state index contributed by atoms with van der Waals surface area (Å²) in [5.74, 6) is 0.233. The molecule has 6 heteroatoms. The van der Waals surface area contributed by atoms with Crippen molar-refractivity contribution in [2.45, 2.75) is 24.0 Å². The molecule has 78 valence electrons. The molecule has 0 aliphatic rings. The Labute approximate surface area is 99.0 Å². The van der Waals surface area contributed by atoms with Gasteiger partial charge in [0, 0.05) is 0 Å². The standard InChI is InChI=1S/C8H10Br2N2O2/c1-2-8-11(13)6(4-9)3-7(5-10)12(8)14/h3H,2,4-5H2,1H3. The molecule has 0 aromatic carbocycles. The third-order valence-electron chi connectivity index (χ3n) is 1.91. The molecule has 1 aromatic rings. The normalized spacial score (nSPS) is 10.5. The second-order valence-corrected chi connectivity index (χ2v) is 3.87. The van der Waals surface area contributed by atoms with Crippen molar-refractivity contribution in [2.75, 3.05) is 0 Å². The number of rotatable bonds is 3. The smallest absolute Gasteiger partial charge is 0.440 e. The van der Waals surface area contributed by atoms with Crippen LogP contribution in [0.3, 0.4) is 0 Å². The van der Waals surface area contributed by atoms with Crippen molar-refractivity contribution < 1.29 is 9.46 Å². The number of hydrogen-bond acceptors (Lipinski definition) is 2. The fourth-order valence-corrected chi connectivity index (χ4v) is 1.98. The van der Waals surface area contributed by atoms with E-state index in [0.717, 1.165) is 0 Å². The summed E-state index contributed by atoms with van der Waals surface area (Å²) in [5, 5.41) is 24.0. The predicted molar refractivity (Wildman–Crippen MR) is 59.0 cm³/mol. The van der Waals surface area contributed by atoms with Crippen molar-refractivity contribution in [2.24, 2.45) is 0 Å². The molecule has 1 rings (SSSR count). The lowest BCUT2D eigenvalue weighted by molar-refractivity contribution is -0.764. The van der Waals surface area contributed by atoms with Crippen molar-refractivity contribution >= 4 is 31.9 Å². The van der Waals surface area contributed by atoms with E-state index in [1.165, 1.54) is 0 Å². The Balaban J connectivity index is 3.39. The number of nitrogens with zero attached hydrogens (tertiary/aromatic N) is 2. The van der Waals surface area contributed by atoms with E-state index in [2.05, 4.69) is 31.9 Å². The highest BCUT2D eigenvalue weighted by molar-refractivity contribution is 9.08. The molecule has 14 heavy (non-hydrogen) atoms. The Bertz CT molecular complexity index is 316. The summed E-state index contributed by atoms with van der Waals surface area (Å²) in [6, 6.07) is 1.60. The molecule has 0 spiro atoms. The van der Waals surface area contributed by atoms with E-state index in [1.54, 1.807) is 13.0 Å². The van der Waals surface area contributed by atoms with Crippen LogP contribution in [-0.2, 0) is 17.1 Å². The van der Waals surface area contributed by atoms with Crippen LogP contribution < -0.4 is 9.46 Å². The highest BCUT2D eigenvalue weighted by Crippen LogP contribution is 2.05. The van der Waals surface area contributed by atoms with E-state index in [0.29, 0.717) is 37.9 Å². The summed E-state index contributed by atoms with van der Waals surface area (Å²) >= 11 is 6.42. The van der Waals surface area contributed by atoms with Gasteiger partial charge >= 0.3 is 5.82 Å². The zero-order chi connectivity index (χ0) is 10.7. The van der Waals surface area contributed by atoms with Crippen molar-refractivity contribution in [3.63, 3.8) is 0 Å². The van der Waals surface area contributed by atoms with Crippen molar-refractivity contribution in [3.05, 3.63) is 33.7 Å². The first-order valence-electron chi connectivity index (χ1n) is 4.14. The minimum Gasteiger partial charge on any atom is -0.614 e. The van der Waals surface area contributed by atoms with E-state index >= 15 is 0 Å². The van der Waals surface area contributed by atoms with Gasteiger partial charge in [0.25, 0.3) is 0 Å². The quantitative estimate of drug-likeness (QED) is 0.478. The molecule has 0 atom stereocenters. The zero-order valence-corrected chi connectivity index (χ0v) is 10.8. The first kappa shape index (κ1) is 11.7. The molecule has 1 aromatic heterocycles. The lowest BCUT2D eigenvalue weighted by atomic mass is 10.3. The summed E-state index contributed by atoms with van der Waals surface area (Å²) in [6.07, 6.45) is 0.424. The Morgan fingerprint density at radius 2 is 1.57 bits per heavy atom. The van der Waals surface area contributed by atoms with E-state index in [-0.39, 0.29) is 5.82 Å². The number of hydrogen-bond donors (Lipinski definition) is 0. The average Bonchev–Trinajstić information content (AvgIpc) is 2.19. The first-order chi connectivity index (χ1) is 6.65. The van der Waals surface area contributed by atoms with E-state index < -0.39 is 0 Å². The molecule has 0 saturated carbocycles. The first-order valence-corrected chi connectivity index (χ1v) is 6.38. The zero-order valence-electron chi connectivity index (χ0n) is 7.67.